The van der Waals surface area contributed by atoms with Gasteiger partial charge in [-0.3, -0.25) is 0 Å². The van der Waals surface area contributed by atoms with Gasteiger partial charge in [0, 0.05) is 17.8 Å². The standard InChI is InChI=1S/C10H13NO2/c12-4-6-13-5-3-11-10-2-1-8-7-9(8)10/h1-2,7,11-12H,3-6H2. The van der Waals surface area contributed by atoms with E-state index in [2.05, 4.69) is 23.5 Å². The van der Waals surface area contributed by atoms with Gasteiger partial charge in [0.2, 0.25) is 0 Å². The third-order valence-corrected chi connectivity index (χ3v) is 2.04. The Morgan fingerprint density at radius 2 is 2.23 bits per heavy atom. The number of rotatable bonds is 6. The zero-order chi connectivity index (χ0) is 9.10. The first-order chi connectivity index (χ1) is 6.42. The summed E-state index contributed by atoms with van der Waals surface area (Å²) in [5.41, 5.74) is 3.88. The normalized spacial score (nSPS) is 11.5. The van der Waals surface area contributed by atoms with E-state index in [4.69, 9.17) is 9.84 Å². The highest BCUT2D eigenvalue weighted by atomic mass is 16.5. The van der Waals surface area contributed by atoms with Crippen molar-refractivity contribution in [3.8, 4) is 11.1 Å². The van der Waals surface area contributed by atoms with Gasteiger partial charge < -0.3 is 15.2 Å². The van der Waals surface area contributed by atoms with E-state index in [1.54, 1.807) is 0 Å². The van der Waals surface area contributed by atoms with Gasteiger partial charge in [0.05, 0.1) is 19.8 Å². The molecule has 0 unspecified atom stereocenters. The minimum atomic E-state index is 0.0968. The first-order valence-electron chi connectivity index (χ1n) is 4.49. The number of benzene rings is 1. The molecule has 2 aliphatic rings. The fraction of sp³-hybridized carbons (Fsp3) is 0.400. The molecule has 0 saturated heterocycles. The smallest absolute Gasteiger partial charge is 0.0698 e. The summed E-state index contributed by atoms with van der Waals surface area (Å²) in [6.45, 7) is 1.96. The average molecular weight is 179 g/mol. The predicted octanol–water partition coefficient (Wildman–Crippen LogP) is 1.09. The van der Waals surface area contributed by atoms with Gasteiger partial charge in [-0.25, -0.2) is 0 Å². The van der Waals surface area contributed by atoms with Crippen LogP contribution < -0.4 is 5.32 Å². The van der Waals surface area contributed by atoms with Crippen LogP contribution in [0, 0.1) is 0 Å². The van der Waals surface area contributed by atoms with Crippen LogP contribution in [-0.2, 0) is 4.74 Å². The van der Waals surface area contributed by atoms with Gasteiger partial charge in [0.15, 0.2) is 0 Å². The molecule has 2 rings (SSSR count). The van der Waals surface area contributed by atoms with Gasteiger partial charge in [0.1, 0.15) is 0 Å². The third-order valence-electron chi connectivity index (χ3n) is 2.04. The predicted molar refractivity (Wildman–Crippen MR) is 51.8 cm³/mol. The molecule has 2 N–H and O–H groups in total. The Kier molecular flexibility index (Phi) is 2.47. The van der Waals surface area contributed by atoms with Gasteiger partial charge in [-0.05, 0) is 17.7 Å². The van der Waals surface area contributed by atoms with E-state index in [0.717, 1.165) is 6.54 Å². The number of anilines is 1. The quantitative estimate of drug-likeness (QED) is 0.652. The Morgan fingerprint density at radius 3 is 2.85 bits per heavy atom. The molecular formula is C10H13NO2. The van der Waals surface area contributed by atoms with Crippen LogP contribution in [-0.4, -0.2) is 31.5 Å². The lowest BCUT2D eigenvalue weighted by Crippen LogP contribution is -2.10. The van der Waals surface area contributed by atoms with E-state index in [1.807, 2.05) is 0 Å². The monoisotopic (exact) mass is 179 g/mol. The lowest BCUT2D eigenvalue weighted by atomic mass is 10.4. The highest BCUT2D eigenvalue weighted by Crippen LogP contribution is 2.41. The highest BCUT2D eigenvalue weighted by molar-refractivity contribution is 5.93. The molecule has 3 nitrogen and oxygen atoms in total. The van der Waals surface area contributed by atoms with Gasteiger partial charge in [-0.15, -0.1) is 0 Å². The van der Waals surface area contributed by atoms with Crippen molar-refractivity contribution in [1.29, 1.82) is 0 Å². The Morgan fingerprint density at radius 1 is 1.31 bits per heavy atom. The van der Waals surface area contributed by atoms with E-state index in [9.17, 15) is 0 Å². The minimum Gasteiger partial charge on any atom is -0.394 e. The Hall–Kier alpha value is -1.06. The highest BCUT2D eigenvalue weighted by Gasteiger charge is 2.16. The van der Waals surface area contributed by atoms with Crippen molar-refractivity contribution in [3.05, 3.63) is 18.2 Å². The number of nitrogens with one attached hydrogen (secondary N) is 1. The summed E-state index contributed by atoms with van der Waals surface area (Å²) in [6.07, 6.45) is 0. The summed E-state index contributed by atoms with van der Waals surface area (Å²) in [4.78, 5) is 0. The summed E-state index contributed by atoms with van der Waals surface area (Å²) < 4.78 is 5.12. The maximum absolute atomic E-state index is 8.45. The summed E-state index contributed by atoms with van der Waals surface area (Å²) >= 11 is 0. The van der Waals surface area contributed by atoms with E-state index < -0.39 is 0 Å². The fourth-order valence-corrected chi connectivity index (χ4v) is 1.33. The topological polar surface area (TPSA) is 41.5 Å². The van der Waals surface area contributed by atoms with E-state index in [-0.39, 0.29) is 6.61 Å². The van der Waals surface area contributed by atoms with E-state index >= 15 is 0 Å². The first-order valence-corrected chi connectivity index (χ1v) is 4.49. The minimum absolute atomic E-state index is 0.0968. The molecule has 0 fully saturated rings. The molecule has 0 aromatic rings. The molecule has 0 atom stereocenters. The largest absolute Gasteiger partial charge is 0.394 e. The number of hydrogen-bond acceptors (Lipinski definition) is 3. The molecule has 0 amide bonds. The second-order valence-electron chi connectivity index (χ2n) is 3.02. The number of aliphatic hydroxyl groups excluding tert-OH is 1. The van der Waals surface area contributed by atoms with E-state index in [1.165, 1.54) is 16.8 Å². The van der Waals surface area contributed by atoms with Crippen LogP contribution in [0.1, 0.15) is 0 Å². The summed E-state index contributed by atoms with van der Waals surface area (Å²) in [5.74, 6) is 0. The van der Waals surface area contributed by atoms with Gasteiger partial charge >= 0.3 is 0 Å². The lowest BCUT2D eigenvalue weighted by Gasteiger charge is -2.04. The lowest BCUT2D eigenvalue weighted by molar-refractivity contribution is 0.0992. The molecule has 2 aliphatic carbocycles. The van der Waals surface area contributed by atoms with Gasteiger partial charge in [-0.2, -0.15) is 0 Å². The van der Waals surface area contributed by atoms with Crippen molar-refractivity contribution in [3.63, 3.8) is 0 Å². The Labute approximate surface area is 77.3 Å². The number of fused-ring (bicyclic) bond motifs is 1. The third kappa shape index (κ3) is 1.99. The number of hydrogen-bond donors (Lipinski definition) is 2. The van der Waals surface area contributed by atoms with Crippen LogP contribution >= 0.6 is 0 Å². The van der Waals surface area contributed by atoms with Crippen LogP contribution in [0.2, 0.25) is 0 Å². The summed E-state index contributed by atoms with van der Waals surface area (Å²) in [6, 6.07) is 6.33. The maximum atomic E-state index is 8.45. The van der Waals surface area contributed by atoms with Gasteiger partial charge in [0.25, 0.3) is 0 Å². The Bertz CT molecular complexity index is 299. The molecule has 0 aliphatic heterocycles. The van der Waals surface area contributed by atoms with E-state index in [0.29, 0.717) is 13.2 Å². The fourth-order valence-electron chi connectivity index (χ4n) is 1.33. The molecular weight excluding hydrogens is 166 g/mol. The molecule has 0 aromatic carbocycles. The van der Waals surface area contributed by atoms with Gasteiger partial charge in [-0.1, -0.05) is 6.07 Å². The van der Waals surface area contributed by atoms with Crippen molar-refractivity contribution in [2.45, 2.75) is 0 Å². The maximum Gasteiger partial charge on any atom is 0.0698 e. The van der Waals surface area contributed by atoms with Crippen LogP contribution in [0.15, 0.2) is 18.2 Å². The molecule has 0 heterocycles. The van der Waals surface area contributed by atoms with Crippen LogP contribution in [0.25, 0.3) is 11.1 Å². The molecule has 13 heavy (non-hydrogen) atoms. The van der Waals surface area contributed by atoms with Crippen molar-refractivity contribution < 1.29 is 9.84 Å². The van der Waals surface area contributed by atoms with Crippen molar-refractivity contribution in [2.24, 2.45) is 0 Å². The molecule has 0 radical (unpaired) electrons. The van der Waals surface area contributed by atoms with Crippen LogP contribution in [0.3, 0.4) is 0 Å². The summed E-state index contributed by atoms with van der Waals surface area (Å²) in [5, 5.41) is 11.7. The second-order valence-corrected chi connectivity index (χ2v) is 3.02. The average Bonchev–Trinajstić information content (AvgIpc) is 2.82. The molecule has 3 heteroatoms. The van der Waals surface area contributed by atoms with Crippen molar-refractivity contribution >= 4 is 5.69 Å². The molecule has 0 saturated carbocycles. The molecule has 0 bridgehead atoms. The van der Waals surface area contributed by atoms with Crippen LogP contribution in [0.5, 0.6) is 0 Å². The molecule has 0 aromatic heterocycles. The SMILES string of the molecule is OCCOCCNc1ccc2cc1-2. The molecule has 70 valence electrons. The summed E-state index contributed by atoms with van der Waals surface area (Å²) in [7, 11) is 0. The number of ether oxygens (including phenoxy) is 1. The zero-order valence-corrected chi connectivity index (χ0v) is 7.42. The van der Waals surface area contributed by atoms with Crippen molar-refractivity contribution in [2.75, 3.05) is 31.7 Å². The zero-order valence-electron chi connectivity index (χ0n) is 7.42. The number of aliphatic hydroxyl groups is 1. The van der Waals surface area contributed by atoms with Crippen molar-refractivity contribution in [1.82, 2.24) is 0 Å². The second kappa shape index (κ2) is 3.77. The van der Waals surface area contributed by atoms with Crippen LogP contribution in [0.4, 0.5) is 5.69 Å². The Balaban J connectivity index is 1.61. The molecule has 0 spiro atoms. The first kappa shape index (κ1) is 8.53.